The van der Waals surface area contributed by atoms with Crippen LogP contribution in [0.1, 0.15) is 49.3 Å². The van der Waals surface area contributed by atoms with E-state index in [1.54, 1.807) is 36.7 Å². The fourth-order valence-electron chi connectivity index (χ4n) is 4.06. The van der Waals surface area contributed by atoms with Gasteiger partial charge in [0.15, 0.2) is 5.76 Å². The molecule has 4 rings (SSSR count). The second-order valence-corrected chi connectivity index (χ2v) is 10.0. The van der Waals surface area contributed by atoms with Crippen LogP contribution in [0.15, 0.2) is 59.3 Å². The summed E-state index contributed by atoms with van der Waals surface area (Å²) in [5, 5.41) is 15.4. The molecule has 0 bridgehead atoms. The summed E-state index contributed by atoms with van der Waals surface area (Å²) in [4.78, 5) is 34.5. The molecule has 2 amide bonds. The van der Waals surface area contributed by atoms with Crippen molar-refractivity contribution in [1.82, 2.24) is 30.5 Å². The van der Waals surface area contributed by atoms with Crippen LogP contribution in [-0.4, -0.2) is 42.5 Å². The zero-order valence-corrected chi connectivity index (χ0v) is 21.9. The van der Waals surface area contributed by atoms with Gasteiger partial charge in [0.05, 0.1) is 0 Å². The number of carbonyl (C=O) groups excluding carboxylic acids is 2. The number of tetrazole rings is 1. The molecule has 0 spiro atoms. The third-order valence-electron chi connectivity index (χ3n) is 5.60. The summed E-state index contributed by atoms with van der Waals surface area (Å²) in [5.74, 6) is 0.757. The number of rotatable bonds is 7. The van der Waals surface area contributed by atoms with Crippen molar-refractivity contribution in [2.24, 2.45) is 0 Å². The van der Waals surface area contributed by atoms with E-state index in [1.165, 1.54) is 9.70 Å². The highest BCUT2D eigenvalue weighted by molar-refractivity contribution is 6.01. The summed E-state index contributed by atoms with van der Waals surface area (Å²) >= 11 is 0. The van der Waals surface area contributed by atoms with Crippen LogP contribution in [-0.2, 0) is 16.1 Å². The number of hydrogen-bond acceptors (Lipinski definition) is 7. The van der Waals surface area contributed by atoms with Gasteiger partial charge >= 0.3 is 0 Å². The first kappa shape index (κ1) is 25.7. The van der Waals surface area contributed by atoms with Gasteiger partial charge in [-0.05, 0) is 88.2 Å². The molecule has 10 nitrogen and oxygen atoms in total. The summed E-state index contributed by atoms with van der Waals surface area (Å²) in [6.45, 7) is 11.2. The minimum absolute atomic E-state index is 0.232. The number of hydrogen-bond donors (Lipinski definition) is 1. The topological polar surface area (TPSA) is 119 Å². The van der Waals surface area contributed by atoms with Gasteiger partial charge in [0.2, 0.25) is 11.7 Å². The quantitative estimate of drug-likeness (QED) is 0.407. The number of nitrogens with zero attached hydrogens (tertiary/aromatic N) is 6. The molecule has 0 aliphatic rings. The molecule has 3 aromatic heterocycles. The largest absolute Gasteiger partial charge is 0.458 e. The molecule has 192 valence electrons. The minimum atomic E-state index is -0.952. The summed E-state index contributed by atoms with van der Waals surface area (Å²) in [7, 11) is 0. The Hall–Kier alpha value is -4.34. The molecule has 0 saturated carbocycles. The highest BCUT2D eigenvalue weighted by atomic mass is 16.3. The second-order valence-electron chi connectivity index (χ2n) is 10.0. The number of nitrogens with one attached hydrogen (secondary N) is 1. The first-order chi connectivity index (χ1) is 17.5. The average molecular weight is 502 g/mol. The van der Waals surface area contributed by atoms with Crippen molar-refractivity contribution in [3.8, 4) is 11.6 Å². The summed E-state index contributed by atoms with van der Waals surface area (Å²) in [6, 6.07) is 11.8. The molecule has 1 aromatic carbocycles. The lowest BCUT2D eigenvalue weighted by atomic mass is 10.00. The summed E-state index contributed by atoms with van der Waals surface area (Å²) in [5.41, 5.74) is 2.63. The molecule has 0 saturated heterocycles. The van der Waals surface area contributed by atoms with Gasteiger partial charge in [-0.25, -0.2) is 0 Å². The average Bonchev–Trinajstić information content (AvgIpc) is 3.46. The SMILES string of the molecule is Cc1ccc(N(C(=O)Cn2nnc(-c3ccc(C)o3)n2)[C@H](C(=O)NC(C)(C)C)c2ccncc2)c(C)c1. The number of carbonyl (C=O) groups is 2. The molecule has 0 unspecified atom stereocenters. The van der Waals surface area contributed by atoms with Crippen LogP contribution in [0, 0.1) is 20.8 Å². The van der Waals surface area contributed by atoms with Crippen molar-refractivity contribution < 1.29 is 14.0 Å². The zero-order chi connectivity index (χ0) is 26.7. The van der Waals surface area contributed by atoms with E-state index in [-0.39, 0.29) is 24.2 Å². The Morgan fingerprint density at radius 2 is 1.78 bits per heavy atom. The highest BCUT2D eigenvalue weighted by Crippen LogP contribution is 2.32. The lowest BCUT2D eigenvalue weighted by Gasteiger charge is -2.34. The maximum atomic E-state index is 14.0. The first-order valence-electron chi connectivity index (χ1n) is 12.0. The number of anilines is 1. The van der Waals surface area contributed by atoms with Gasteiger partial charge in [0, 0.05) is 23.6 Å². The second kappa shape index (κ2) is 10.3. The van der Waals surface area contributed by atoms with Gasteiger partial charge < -0.3 is 9.73 Å². The number of pyridine rings is 1. The van der Waals surface area contributed by atoms with Crippen LogP contribution >= 0.6 is 0 Å². The van der Waals surface area contributed by atoms with Crippen molar-refractivity contribution >= 4 is 17.5 Å². The number of aryl methyl sites for hydroxylation is 3. The Morgan fingerprint density at radius 3 is 2.41 bits per heavy atom. The Morgan fingerprint density at radius 1 is 1.05 bits per heavy atom. The fourth-order valence-corrected chi connectivity index (χ4v) is 4.06. The van der Waals surface area contributed by atoms with Crippen molar-refractivity contribution in [1.29, 1.82) is 0 Å². The van der Waals surface area contributed by atoms with Crippen molar-refractivity contribution in [3.63, 3.8) is 0 Å². The van der Waals surface area contributed by atoms with Gasteiger partial charge in [0.25, 0.3) is 5.91 Å². The van der Waals surface area contributed by atoms with Gasteiger partial charge in [-0.1, -0.05) is 17.7 Å². The Labute approximate surface area is 215 Å². The highest BCUT2D eigenvalue weighted by Gasteiger charge is 2.35. The Bertz CT molecular complexity index is 1400. The molecule has 37 heavy (non-hydrogen) atoms. The predicted molar refractivity (Wildman–Crippen MR) is 139 cm³/mol. The van der Waals surface area contributed by atoms with Crippen LogP contribution in [0.2, 0.25) is 0 Å². The van der Waals surface area contributed by atoms with Gasteiger partial charge in [-0.2, -0.15) is 4.80 Å². The van der Waals surface area contributed by atoms with Crippen molar-refractivity contribution in [2.75, 3.05) is 4.90 Å². The molecule has 0 fully saturated rings. The molecule has 0 radical (unpaired) electrons. The van der Waals surface area contributed by atoms with E-state index < -0.39 is 11.6 Å². The molecule has 1 N–H and O–H groups in total. The maximum Gasteiger partial charge on any atom is 0.251 e. The zero-order valence-electron chi connectivity index (χ0n) is 21.9. The third-order valence-corrected chi connectivity index (χ3v) is 5.60. The lowest BCUT2D eigenvalue weighted by molar-refractivity contribution is -0.128. The smallest absolute Gasteiger partial charge is 0.251 e. The van der Waals surface area contributed by atoms with Crippen LogP contribution in [0.3, 0.4) is 0 Å². The fraction of sp³-hybridized carbons (Fsp3) is 0.333. The van der Waals surface area contributed by atoms with Crippen LogP contribution in [0.5, 0.6) is 0 Å². The van der Waals surface area contributed by atoms with Gasteiger partial charge in [-0.3, -0.25) is 19.5 Å². The standard InChI is InChI=1S/C27H31N7O3/c1-17-7-9-21(18(2)15-17)34(24(20-11-13-28-14-12-20)26(36)29-27(4,5)6)23(35)16-33-31-25(30-32-33)22-10-8-19(3)37-22/h7-15,24H,16H2,1-6H3,(H,29,36)/t24-/m0/s1. The van der Waals surface area contributed by atoms with E-state index in [9.17, 15) is 9.59 Å². The number of benzene rings is 1. The van der Waals surface area contributed by atoms with Crippen LogP contribution in [0.25, 0.3) is 11.6 Å². The molecular formula is C27H31N7O3. The van der Waals surface area contributed by atoms with Gasteiger partial charge in [-0.15, -0.1) is 10.2 Å². The van der Waals surface area contributed by atoms with E-state index in [0.717, 1.165) is 11.1 Å². The van der Waals surface area contributed by atoms with E-state index in [4.69, 9.17) is 4.42 Å². The third kappa shape index (κ3) is 6.08. The molecule has 1 atom stereocenters. The number of furan rings is 1. The first-order valence-corrected chi connectivity index (χ1v) is 12.0. The van der Waals surface area contributed by atoms with E-state index in [2.05, 4.69) is 25.7 Å². The molecule has 0 aliphatic carbocycles. The van der Waals surface area contributed by atoms with Crippen LogP contribution < -0.4 is 10.2 Å². The van der Waals surface area contributed by atoms with E-state index in [0.29, 0.717) is 22.8 Å². The molecule has 10 heteroatoms. The molecular weight excluding hydrogens is 470 g/mol. The molecule has 3 heterocycles. The summed E-state index contributed by atoms with van der Waals surface area (Å²) in [6.07, 6.45) is 3.21. The predicted octanol–water partition coefficient (Wildman–Crippen LogP) is 3.94. The Kier molecular flexibility index (Phi) is 7.19. The minimum Gasteiger partial charge on any atom is -0.458 e. The van der Waals surface area contributed by atoms with E-state index in [1.807, 2.05) is 59.7 Å². The Balaban J connectivity index is 1.76. The van der Waals surface area contributed by atoms with Gasteiger partial charge in [0.1, 0.15) is 18.3 Å². The maximum absolute atomic E-state index is 14.0. The molecule has 0 aliphatic heterocycles. The monoisotopic (exact) mass is 501 g/mol. The molecule has 4 aromatic rings. The normalized spacial score (nSPS) is 12.3. The lowest BCUT2D eigenvalue weighted by Crippen LogP contribution is -2.50. The van der Waals surface area contributed by atoms with Crippen molar-refractivity contribution in [3.05, 3.63) is 77.3 Å². The van der Waals surface area contributed by atoms with E-state index >= 15 is 0 Å². The van der Waals surface area contributed by atoms with Crippen LogP contribution in [0.4, 0.5) is 5.69 Å². The number of amides is 2. The summed E-state index contributed by atoms with van der Waals surface area (Å²) < 4.78 is 5.57. The number of aromatic nitrogens is 5. The van der Waals surface area contributed by atoms with Crippen molar-refractivity contribution in [2.45, 2.75) is 59.7 Å².